The Kier molecular flexibility index (Phi) is 5.27. The highest BCUT2D eigenvalue weighted by Gasteiger charge is 2.32. The molecular formula is C24H19F3N2O2. The third-order valence-electron chi connectivity index (χ3n) is 5.41. The van der Waals surface area contributed by atoms with Gasteiger partial charge < -0.3 is 4.98 Å². The number of hydrogen-bond donors (Lipinski definition) is 1. The maximum atomic E-state index is 13.0. The van der Waals surface area contributed by atoms with Crippen LogP contribution in [0.4, 0.5) is 13.2 Å². The summed E-state index contributed by atoms with van der Waals surface area (Å²) in [5.74, 6) is -0.718. The molecule has 4 rings (SSSR count). The smallest absolute Gasteiger partial charge is 0.354 e. The van der Waals surface area contributed by atoms with Crippen LogP contribution in [0.15, 0.2) is 72.8 Å². The summed E-state index contributed by atoms with van der Waals surface area (Å²) in [6.45, 7) is 1.53. The van der Waals surface area contributed by atoms with Crippen LogP contribution in [-0.2, 0) is 6.18 Å². The fraction of sp³-hybridized carbons (Fsp3) is 0.167. The zero-order valence-electron chi connectivity index (χ0n) is 16.6. The van der Waals surface area contributed by atoms with Crippen molar-refractivity contribution >= 4 is 10.9 Å². The number of nitrogens with zero attached hydrogens (tertiary/aromatic N) is 1. The molecule has 1 heterocycles. The highest BCUT2D eigenvalue weighted by atomic mass is 19.4. The van der Waals surface area contributed by atoms with Crippen molar-refractivity contribution < 1.29 is 18.1 Å². The minimum absolute atomic E-state index is 0.428. The van der Waals surface area contributed by atoms with Gasteiger partial charge in [0.15, 0.2) is 0 Å². The molecule has 0 aliphatic carbocycles. The van der Waals surface area contributed by atoms with Gasteiger partial charge in [0.1, 0.15) is 0 Å². The van der Waals surface area contributed by atoms with Crippen LogP contribution in [0.2, 0.25) is 0 Å². The molecule has 0 saturated heterocycles. The summed E-state index contributed by atoms with van der Waals surface area (Å²) >= 11 is 0. The lowest BCUT2D eigenvalue weighted by Gasteiger charge is -2.17. The molecule has 31 heavy (non-hydrogen) atoms. The molecule has 0 saturated carbocycles. The first-order valence-corrected chi connectivity index (χ1v) is 9.70. The first-order chi connectivity index (χ1) is 14.7. The van der Waals surface area contributed by atoms with Crippen LogP contribution in [0, 0.1) is 17.0 Å². The first kappa shape index (κ1) is 20.7. The van der Waals surface area contributed by atoms with Gasteiger partial charge in [0.25, 0.3) is 0 Å². The predicted octanol–water partition coefficient (Wildman–Crippen LogP) is 6.57. The summed E-state index contributed by atoms with van der Waals surface area (Å²) in [5.41, 5.74) is 3.86. The number of benzene rings is 3. The summed E-state index contributed by atoms with van der Waals surface area (Å²) in [4.78, 5) is 14.5. The topological polar surface area (TPSA) is 58.9 Å². The normalized spacial score (nSPS) is 12.8. The second-order valence-electron chi connectivity index (χ2n) is 7.51. The molecule has 0 aliphatic heterocycles. The maximum Gasteiger partial charge on any atom is 0.416 e. The highest BCUT2D eigenvalue weighted by Crippen LogP contribution is 2.40. The molecule has 0 radical (unpaired) electrons. The van der Waals surface area contributed by atoms with Crippen LogP contribution in [0.3, 0.4) is 0 Å². The van der Waals surface area contributed by atoms with Crippen LogP contribution in [0.1, 0.15) is 28.2 Å². The van der Waals surface area contributed by atoms with Crippen molar-refractivity contribution in [1.29, 1.82) is 0 Å². The van der Waals surface area contributed by atoms with Crippen LogP contribution in [0.5, 0.6) is 0 Å². The number of nitro groups is 1. The molecule has 4 aromatic rings. The second kappa shape index (κ2) is 7.91. The SMILES string of the molecule is Cc1ccc(-c2[nH]c3ccccc3c2C(C[N+](=O)[O-])c2ccc(C(F)(F)F)cc2)cc1. The van der Waals surface area contributed by atoms with E-state index in [4.69, 9.17) is 0 Å². The lowest BCUT2D eigenvalue weighted by atomic mass is 9.87. The van der Waals surface area contributed by atoms with Gasteiger partial charge in [0, 0.05) is 15.8 Å². The number of alkyl halides is 3. The van der Waals surface area contributed by atoms with E-state index >= 15 is 0 Å². The van der Waals surface area contributed by atoms with Gasteiger partial charge >= 0.3 is 6.18 Å². The molecule has 1 atom stereocenters. The van der Waals surface area contributed by atoms with Crippen molar-refractivity contribution in [3.8, 4) is 11.3 Å². The Morgan fingerprint density at radius 1 is 0.968 bits per heavy atom. The van der Waals surface area contributed by atoms with Crippen molar-refractivity contribution in [3.63, 3.8) is 0 Å². The first-order valence-electron chi connectivity index (χ1n) is 9.70. The van der Waals surface area contributed by atoms with E-state index in [2.05, 4.69) is 4.98 Å². The molecule has 3 aromatic carbocycles. The minimum atomic E-state index is -4.47. The number of aryl methyl sites for hydroxylation is 1. The summed E-state index contributed by atoms with van der Waals surface area (Å²) < 4.78 is 39.1. The van der Waals surface area contributed by atoms with Gasteiger partial charge in [-0.15, -0.1) is 0 Å². The van der Waals surface area contributed by atoms with Crippen molar-refractivity contribution in [3.05, 3.63) is 105 Å². The molecule has 0 aliphatic rings. The van der Waals surface area contributed by atoms with Crippen molar-refractivity contribution in [2.24, 2.45) is 0 Å². The number of rotatable bonds is 5. The fourth-order valence-corrected chi connectivity index (χ4v) is 3.89. The lowest BCUT2D eigenvalue weighted by molar-refractivity contribution is -0.481. The standard InChI is InChI=1S/C24H19F3N2O2/c1-15-6-8-17(9-7-15)23-22(19-4-2-3-5-21(19)28-23)20(14-29(30)31)16-10-12-18(13-11-16)24(25,26)27/h2-13,20,28H,14H2,1H3. The molecule has 0 bridgehead atoms. The van der Waals surface area contributed by atoms with Crippen molar-refractivity contribution in [2.75, 3.05) is 6.54 Å². The highest BCUT2D eigenvalue weighted by molar-refractivity contribution is 5.92. The molecule has 0 amide bonds. The Morgan fingerprint density at radius 2 is 1.61 bits per heavy atom. The van der Waals surface area contributed by atoms with Crippen LogP contribution >= 0.6 is 0 Å². The summed E-state index contributed by atoms with van der Waals surface area (Å²) in [5, 5.41) is 12.4. The maximum absolute atomic E-state index is 13.0. The molecule has 1 unspecified atom stereocenters. The molecule has 0 fully saturated rings. The number of fused-ring (bicyclic) bond motifs is 1. The second-order valence-corrected chi connectivity index (χ2v) is 7.51. The molecule has 1 aromatic heterocycles. The van der Waals surface area contributed by atoms with Crippen LogP contribution in [0.25, 0.3) is 22.2 Å². The Balaban J connectivity index is 1.92. The number of aromatic amines is 1. The summed E-state index contributed by atoms with van der Waals surface area (Å²) in [6.07, 6.45) is -4.47. The average molecular weight is 424 g/mol. The molecular weight excluding hydrogens is 405 g/mol. The summed E-state index contributed by atoms with van der Waals surface area (Å²) in [6, 6.07) is 19.8. The monoisotopic (exact) mass is 424 g/mol. The molecule has 158 valence electrons. The van der Waals surface area contributed by atoms with Gasteiger partial charge in [-0.1, -0.05) is 60.2 Å². The van der Waals surface area contributed by atoms with E-state index in [-0.39, 0.29) is 0 Å². The largest absolute Gasteiger partial charge is 0.416 e. The third kappa shape index (κ3) is 4.17. The number of nitrogens with one attached hydrogen (secondary N) is 1. The minimum Gasteiger partial charge on any atom is -0.354 e. The lowest BCUT2D eigenvalue weighted by Crippen LogP contribution is -2.15. The van der Waals surface area contributed by atoms with E-state index in [0.29, 0.717) is 11.1 Å². The molecule has 4 nitrogen and oxygen atoms in total. The Morgan fingerprint density at radius 3 is 2.23 bits per heavy atom. The van der Waals surface area contributed by atoms with Gasteiger partial charge in [-0.2, -0.15) is 13.2 Å². The fourth-order valence-electron chi connectivity index (χ4n) is 3.89. The van der Waals surface area contributed by atoms with E-state index < -0.39 is 29.1 Å². The zero-order valence-corrected chi connectivity index (χ0v) is 16.6. The number of para-hydroxylation sites is 1. The Bertz CT molecular complexity index is 1230. The molecule has 1 N–H and O–H groups in total. The van der Waals surface area contributed by atoms with E-state index in [1.165, 1.54) is 12.1 Å². The van der Waals surface area contributed by atoms with E-state index in [1.807, 2.05) is 55.5 Å². The average Bonchev–Trinajstić information content (AvgIpc) is 3.11. The Labute approximate surface area is 176 Å². The van der Waals surface area contributed by atoms with Gasteiger partial charge in [-0.3, -0.25) is 10.1 Å². The predicted molar refractivity (Wildman–Crippen MR) is 114 cm³/mol. The van der Waals surface area contributed by atoms with Gasteiger partial charge in [-0.25, -0.2) is 0 Å². The van der Waals surface area contributed by atoms with E-state index in [0.717, 1.165) is 39.9 Å². The van der Waals surface area contributed by atoms with Gasteiger partial charge in [0.2, 0.25) is 6.54 Å². The van der Waals surface area contributed by atoms with Gasteiger partial charge in [-0.05, 0) is 41.8 Å². The van der Waals surface area contributed by atoms with Crippen molar-refractivity contribution in [2.45, 2.75) is 19.0 Å². The number of H-pyrrole nitrogens is 1. The summed E-state index contributed by atoms with van der Waals surface area (Å²) in [7, 11) is 0. The van der Waals surface area contributed by atoms with Gasteiger partial charge in [0.05, 0.1) is 17.2 Å². The number of aromatic nitrogens is 1. The quantitative estimate of drug-likeness (QED) is 0.291. The van der Waals surface area contributed by atoms with E-state index in [1.54, 1.807) is 0 Å². The van der Waals surface area contributed by atoms with E-state index in [9.17, 15) is 23.3 Å². The zero-order chi connectivity index (χ0) is 22.2. The molecule has 7 heteroatoms. The number of hydrogen-bond acceptors (Lipinski definition) is 2. The van der Waals surface area contributed by atoms with Crippen molar-refractivity contribution in [1.82, 2.24) is 4.98 Å². The van der Waals surface area contributed by atoms with Crippen LogP contribution < -0.4 is 0 Å². The third-order valence-corrected chi connectivity index (χ3v) is 5.41. The number of halogens is 3. The Hall–Kier alpha value is -3.61. The van der Waals surface area contributed by atoms with Crippen LogP contribution in [-0.4, -0.2) is 16.5 Å². The molecule has 0 spiro atoms.